The Morgan fingerprint density at radius 3 is 2.80 bits per heavy atom. The average molecular weight is 415 g/mol. The number of halogens is 1. The Labute approximate surface area is 160 Å². The second-order valence-electron chi connectivity index (χ2n) is 5.63. The van der Waals surface area contributed by atoms with E-state index >= 15 is 0 Å². The van der Waals surface area contributed by atoms with Crippen LogP contribution >= 0.6 is 27.5 Å². The standard InChI is InChI=1S/C20H19BrN2OS/c1-2-11-22-12-3-4-13-24-17-9-10-18-19(14-17)25-23-20(18)15-5-7-16(21)8-6-15/h1,5-10,14,22H,3-4,11-13H2. The number of rotatable bonds is 8. The highest BCUT2D eigenvalue weighted by Crippen LogP contribution is 2.33. The molecule has 0 unspecified atom stereocenters. The summed E-state index contributed by atoms with van der Waals surface area (Å²) < 4.78 is 12.7. The molecule has 3 aromatic rings. The Hall–Kier alpha value is -1.87. The van der Waals surface area contributed by atoms with E-state index < -0.39 is 0 Å². The van der Waals surface area contributed by atoms with Crippen LogP contribution in [0.3, 0.4) is 0 Å². The fraction of sp³-hybridized carbons (Fsp3) is 0.250. The van der Waals surface area contributed by atoms with Crippen molar-refractivity contribution in [3.8, 4) is 29.4 Å². The molecule has 0 aliphatic carbocycles. The summed E-state index contributed by atoms with van der Waals surface area (Å²) in [7, 11) is 0. The Morgan fingerprint density at radius 2 is 2.00 bits per heavy atom. The van der Waals surface area contributed by atoms with Crippen molar-refractivity contribution in [3.63, 3.8) is 0 Å². The van der Waals surface area contributed by atoms with Crippen LogP contribution in [0.5, 0.6) is 5.75 Å². The lowest BCUT2D eigenvalue weighted by Gasteiger charge is -2.06. The van der Waals surface area contributed by atoms with E-state index in [-0.39, 0.29) is 0 Å². The lowest BCUT2D eigenvalue weighted by atomic mass is 10.1. The highest BCUT2D eigenvalue weighted by molar-refractivity contribution is 9.10. The monoisotopic (exact) mass is 414 g/mol. The molecule has 3 rings (SSSR count). The van der Waals surface area contributed by atoms with E-state index in [0.29, 0.717) is 13.2 Å². The smallest absolute Gasteiger partial charge is 0.120 e. The van der Waals surface area contributed by atoms with Crippen LogP contribution in [-0.2, 0) is 0 Å². The van der Waals surface area contributed by atoms with Gasteiger partial charge in [0.15, 0.2) is 0 Å². The zero-order valence-electron chi connectivity index (χ0n) is 13.8. The number of hydrogen-bond donors (Lipinski definition) is 1. The zero-order valence-corrected chi connectivity index (χ0v) is 16.2. The Balaban J connectivity index is 1.60. The molecule has 3 nitrogen and oxygen atoms in total. The number of unbranched alkanes of at least 4 members (excludes halogenated alkanes) is 1. The fourth-order valence-corrected chi connectivity index (χ4v) is 3.62. The summed E-state index contributed by atoms with van der Waals surface area (Å²) in [5.41, 5.74) is 2.15. The largest absolute Gasteiger partial charge is 0.494 e. The lowest BCUT2D eigenvalue weighted by Crippen LogP contribution is -2.15. The summed E-state index contributed by atoms with van der Waals surface area (Å²) in [6.45, 7) is 2.27. The van der Waals surface area contributed by atoms with E-state index in [1.54, 1.807) is 0 Å². The van der Waals surface area contributed by atoms with Crippen molar-refractivity contribution in [1.82, 2.24) is 9.69 Å². The second kappa shape index (κ2) is 9.00. The minimum atomic E-state index is 0.629. The number of aromatic nitrogens is 1. The summed E-state index contributed by atoms with van der Waals surface area (Å²) in [5, 5.41) is 4.34. The molecule has 0 aliphatic rings. The van der Waals surface area contributed by atoms with E-state index in [1.165, 1.54) is 11.5 Å². The van der Waals surface area contributed by atoms with Gasteiger partial charge >= 0.3 is 0 Å². The predicted molar refractivity (Wildman–Crippen MR) is 109 cm³/mol. The van der Waals surface area contributed by atoms with Gasteiger partial charge in [0, 0.05) is 15.4 Å². The molecule has 0 saturated heterocycles. The minimum absolute atomic E-state index is 0.629. The van der Waals surface area contributed by atoms with Gasteiger partial charge in [0.2, 0.25) is 0 Å². The highest BCUT2D eigenvalue weighted by Gasteiger charge is 2.09. The van der Waals surface area contributed by atoms with E-state index in [0.717, 1.165) is 51.0 Å². The molecule has 128 valence electrons. The third-order valence-electron chi connectivity index (χ3n) is 3.80. The number of fused-ring (bicyclic) bond motifs is 1. The molecule has 1 N–H and O–H groups in total. The number of hydrogen-bond acceptors (Lipinski definition) is 4. The number of terminal acetylenes is 1. The summed E-state index contributed by atoms with van der Waals surface area (Å²) in [4.78, 5) is 0. The first-order valence-electron chi connectivity index (χ1n) is 8.20. The Morgan fingerprint density at radius 1 is 1.16 bits per heavy atom. The van der Waals surface area contributed by atoms with E-state index in [1.807, 2.05) is 18.2 Å². The third kappa shape index (κ3) is 4.82. The van der Waals surface area contributed by atoms with E-state index in [4.69, 9.17) is 11.2 Å². The quantitative estimate of drug-likeness (QED) is 0.410. The number of ether oxygens (including phenoxy) is 1. The molecule has 0 radical (unpaired) electrons. The van der Waals surface area contributed by atoms with Gasteiger partial charge in [-0.2, -0.15) is 4.37 Å². The van der Waals surface area contributed by atoms with Crippen molar-refractivity contribution in [2.75, 3.05) is 19.7 Å². The molecule has 5 heteroatoms. The molecule has 2 aromatic carbocycles. The van der Waals surface area contributed by atoms with E-state index in [9.17, 15) is 0 Å². The molecular formula is C20H19BrN2OS. The van der Waals surface area contributed by atoms with Crippen LogP contribution in [0.4, 0.5) is 0 Å². The van der Waals surface area contributed by atoms with Crippen molar-refractivity contribution < 1.29 is 4.74 Å². The molecule has 1 aromatic heterocycles. The van der Waals surface area contributed by atoms with Crippen LogP contribution in [0.15, 0.2) is 46.9 Å². The van der Waals surface area contributed by atoms with Crippen LogP contribution < -0.4 is 10.1 Å². The van der Waals surface area contributed by atoms with Crippen LogP contribution in [0, 0.1) is 12.3 Å². The van der Waals surface area contributed by atoms with Crippen molar-refractivity contribution in [2.24, 2.45) is 0 Å². The molecule has 0 fully saturated rings. The summed E-state index contributed by atoms with van der Waals surface area (Å²) >= 11 is 4.98. The molecule has 0 atom stereocenters. The van der Waals surface area contributed by atoms with Crippen LogP contribution in [-0.4, -0.2) is 24.1 Å². The van der Waals surface area contributed by atoms with Gasteiger partial charge in [-0.15, -0.1) is 6.42 Å². The van der Waals surface area contributed by atoms with Crippen molar-refractivity contribution in [2.45, 2.75) is 12.8 Å². The topological polar surface area (TPSA) is 34.1 Å². The first kappa shape index (κ1) is 17.9. The highest BCUT2D eigenvalue weighted by atomic mass is 79.9. The van der Waals surface area contributed by atoms with Gasteiger partial charge < -0.3 is 10.1 Å². The Kier molecular flexibility index (Phi) is 6.46. The van der Waals surface area contributed by atoms with Gasteiger partial charge in [-0.3, -0.25) is 0 Å². The van der Waals surface area contributed by atoms with Gasteiger partial charge in [0.25, 0.3) is 0 Å². The van der Waals surface area contributed by atoms with Gasteiger partial charge in [-0.1, -0.05) is 34.0 Å². The number of nitrogens with one attached hydrogen (secondary N) is 1. The van der Waals surface area contributed by atoms with Gasteiger partial charge in [0.05, 0.1) is 23.5 Å². The number of benzene rings is 2. The molecular weight excluding hydrogens is 396 g/mol. The summed E-state index contributed by atoms with van der Waals surface area (Å²) in [5.74, 6) is 3.47. The maximum atomic E-state index is 5.86. The van der Waals surface area contributed by atoms with Gasteiger partial charge in [0.1, 0.15) is 5.75 Å². The molecule has 1 heterocycles. The Bertz CT molecular complexity index is 868. The lowest BCUT2D eigenvalue weighted by molar-refractivity contribution is 0.306. The minimum Gasteiger partial charge on any atom is -0.494 e. The van der Waals surface area contributed by atoms with Crippen molar-refractivity contribution in [1.29, 1.82) is 0 Å². The first-order chi connectivity index (χ1) is 12.3. The first-order valence-corrected chi connectivity index (χ1v) is 9.77. The van der Waals surface area contributed by atoms with Crippen molar-refractivity contribution in [3.05, 3.63) is 46.9 Å². The molecule has 0 bridgehead atoms. The second-order valence-corrected chi connectivity index (χ2v) is 7.35. The van der Waals surface area contributed by atoms with Crippen molar-refractivity contribution >= 4 is 37.5 Å². The zero-order chi connectivity index (χ0) is 17.5. The average Bonchev–Trinajstić information content (AvgIpc) is 3.05. The van der Waals surface area contributed by atoms with Crippen LogP contribution in [0.25, 0.3) is 21.3 Å². The normalized spacial score (nSPS) is 10.7. The summed E-state index contributed by atoms with van der Waals surface area (Å²) in [6.07, 6.45) is 7.25. The summed E-state index contributed by atoms with van der Waals surface area (Å²) in [6, 6.07) is 14.4. The molecule has 0 saturated carbocycles. The molecule has 25 heavy (non-hydrogen) atoms. The van der Waals surface area contributed by atoms with Crippen LogP contribution in [0.1, 0.15) is 12.8 Å². The molecule has 0 aliphatic heterocycles. The van der Waals surface area contributed by atoms with Crippen LogP contribution in [0.2, 0.25) is 0 Å². The molecule has 0 spiro atoms. The fourth-order valence-electron chi connectivity index (χ4n) is 2.53. The van der Waals surface area contributed by atoms with Gasteiger partial charge in [-0.25, -0.2) is 0 Å². The number of nitrogens with zero attached hydrogens (tertiary/aromatic N) is 1. The predicted octanol–water partition coefficient (Wildman–Crippen LogP) is 5.11. The van der Waals surface area contributed by atoms with Gasteiger partial charge in [-0.05, 0) is 61.3 Å². The van der Waals surface area contributed by atoms with E-state index in [2.05, 4.69) is 55.8 Å². The SMILES string of the molecule is C#CCNCCCCOc1ccc2c(-c3ccc(Br)cc3)nsc2c1. The third-order valence-corrected chi connectivity index (χ3v) is 5.14. The molecule has 0 amide bonds. The maximum absolute atomic E-state index is 5.86. The maximum Gasteiger partial charge on any atom is 0.120 e.